The van der Waals surface area contributed by atoms with Crippen LogP contribution in [0.15, 0.2) is 112 Å². The summed E-state index contributed by atoms with van der Waals surface area (Å²) in [5.41, 5.74) is -4.53. The summed E-state index contributed by atoms with van der Waals surface area (Å²) in [6.07, 6.45) is 14.1. The molecule has 0 amide bonds. The second-order valence-corrected chi connectivity index (χ2v) is 8.57. The molecule has 8 N–H and O–H groups in total. The summed E-state index contributed by atoms with van der Waals surface area (Å²) in [6, 6.07) is 7.88. The quantitative estimate of drug-likeness (QED) is 0.107. The van der Waals surface area contributed by atoms with Crippen LogP contribution in [0, 0.1) is 23.3 Å². The van der Waals surface area contributed by atoms with Crippen LogP contribution in [0.1, 0.15) is 11.1 Å². The molecule has 0 spiro atoms. The topological polar surface area (TPSA) is 289 Å². The Morgan fingerprint density at radius 3 is 0.800 bits per heavy atom. The van der Waals surface area contributed by atoms with Crippen molar-refractivity contribution < 1.29 is 17.6 Å². The van der Waals surface area contributed by atoms with E-state index in [-0.39, 0.29) is 0 Å². The average molecular weight is 703 g/mol. The molecule has 0 radical (unpaired) electrons. The molecule has 0 unspecified atom stereocenters. The van der Waals surface area contributed by atoms with E-state index in [4.69, 9.17) is 0 Å². The van der Waals surface area contributed by atoms with Gasteiger partial charge in [0.1, 0.15) is 0 Å². The van der Waals surface area contributed by atoms with Gasteiger partial charge in [0, 0.05) is 49.6 Å². The van der Waals surface area contributed by atoms with Crippen molar-refractivity contribution in [3.8, 4) is 0 Å². The van der Waals surface area contributed by atoms with Gasteiger partial charge in [-0.1, -0.05) is 12.2 Å². The second-order valence-electron chi connectivity index (χ2n) is 8.57. The largest absolute Gasteiger partial charge is 0.325 e. The lowest BCUT2D eigenvalue weighted by Gasteiger charge is -1.92. The van der Waals surface area contributed by atoms with Gasteiger partial charge in [0.15, 0.2) is 0 Å². The number of aromatic amines is 8. The van der Waals surface area contributed by atoms with E-state index in [0.29, 0.717) is 24.8 Å². The lowest BCUT2D eigenvalue weighted by molar-refractivity contribution is 0.596. The molecule has 6 rings (SSSR count). The highest BCUT2D eigenvalue weighted by atomic mass is 19.1. The van der Waals surface area contributed by atoms with Crippen LogP contribution in [0.5, 0.6) is 0 Å². The summed E-state index contributed by atoms with van der Waals surface area (Å²) in [4.78, 5) is 104. The van der Waals surface area contributed by atoms with Crippen LogP contribution in [0.3, 0.4) is 0 Å². The van der Waals surface area contributed by atoms with Crippen LogP contribution in [-0.2, 0) is 0 Å². The first-order valence-electron chi connectivity index (χ1n) is 13.1. The first-order valence-corrected chi connectivity index (χ1v) is 13.1. The van der Waals surface area contributed by atoms with E-state index in [0.717, 1.165) is 11.1 Å². The van der Waals surface area contributed by atoms with Crippen molar-refractivity contribution in [2.45, 2.75) is 0 Å². The third kappa shape index (κ3) is 14.7. The predicted octanol–water partition coefficient (Wildman–Crippen LogP) is -0.544. The number of pyridine rings is 2. The van der Waals surface area contributed by atoms with Gasteiger partial charge in [-0.25, -0.2) is 19.2 Å². The van der Waals surface area contributed by atoms with Crippen LogP contribution < -0.4 is 45.0 Å². The fraction of sp³-hybridized carbons (Fsp3) is 0. The Morgan fingerprint density at radius 1 is 0.400 bits per heavy atom. The SMILES string of the molecule is C(=C\c1ccncc1)/c1ccncc1.O=c1[nH]cc(F)c(=O)[nH]1.O=c1[nH]cc(F)c(=O)[nH]1.O=c1[nH]cc(F)c(=O)[nH]1.O=c1[nH]cc(F)c(=O)[nH]1. The van der Waals surface area contributed by atoms with Gasteiger partial charge >= 0.3 is 22.8 Å². The number of hydrogen-bond donors (Lipinski definition) is 8. The molecular weight excluding hydrogens is 680 g/mol. The summed E-state index contributed by atoms with van der Waals surface area (Å²) in [5, 5.41) is 0. The molecule has 50 heavy (non-hydrogen) atoms. The minimum atomic E-state index is -1.00. The van der Waals surface area contributed by atoms with Crippen LogP contribution in [0.25, 0.3) is 12.2 Å². The van der Waals surface area contributed by atoms with Gasteiger partial charge < -0.3 is 19.9 Å². The number of hydrogen-bond acceptors (Lipinski definition) is 10. The summed E-state index contributed by atoms with van der Waals surface area (Å²) in [6.45, 7) is 0. The third-order valence-electron chi connectivity index (χ3n) is 4.98. The maximum absolute atomic E-state index is 12.0. The number of nitrogens with zero attached hydrogens (tertiary/aromatic N) is 2. The van der Waals surface area contributed by atoms with Crippen molar-refractivity contribution in [3.05, 3.63) is 192 Å². The van der Waals surface area contributed by atoms with Crippen molar-refractivity contribution in [1.82, 2.24) is 49.8 Å². The lowest BCUT2D eigenvalue weighted by Crippen LogP contribution is -2.23. The van der Waals surface area contributed by atoms with Gasteiger partial charge in [0.2, 0.25) is 23.3 Å². The fourth-order valence-corrected chi connectivity index (χ4v) is 2.72. The van der Waals surface area contributed by atoms with E-state index in [9.17, 15) is 55.9 Å². The van der Waals surface area contributed by atoms with Crippen LogP contribution >= 0.6 is 0 Å². The maximum Gasteiger partial charge on any atom is 0.325 e. The average Bonchev–Trinajstić information content (AvgIpc) is 3.10. The van der Waals surface area contributed by atoms with Gasteiger partial charge in [0.25, 0.3) is 22.2 Å². The standard InChI is InChI=1S/C12H10N2.4C4H3FN2O2/c1(11-3-7-13-8-4-11)2-12-5-9-14-10-6-12;4*5-2-1-6-4(9)7-3(2)8/h1-10H;4*1H,(H2,6,7,8,9)/b2-1+;;;;. The van der Waals surface area contributed by atoms with Crippen molar-refractivity contribution in [3.63, 3.8) is 0 Å². The molecule has 0 saturated heterocycles. The van der Waals surface area contributed by atoms with Crippen molar-refractivity contribution in [1.29, 1.82) is 0 Å². The minimum Gasteiger partial charge on any atom is -0.311 e. The van der Waals surface area contributed by atoms with Crippen molar-refractivity contribution in [2.75, 3.05) is 0 Å². The highest BCUT2D eigenvalue weighted by Gasteiger charge is 1.96. The van der Waals surface area contributed by atoms with E-state index in [2.05, 4.69) is 22.1 Å². The number of halogens is 4. The third-order valence-corrected chi connectivity index (χ3v) is 4.98. The lowest BCUT2D eigenvalue weighted by atomic mass is 10.2. The molecule has 6 heterocycles. The fourth-order valence-electron chi connectivity index (χ4n) is 2.72. The van der Waals surface area contributed by atoms with E-state index in [1.807, 2.05) is 44.2 Å². The Balaban J connectivity index is 0.000000220. The van der Waals surface area contributed by atoms with Crippen molar-refractivity contribution >= 4 is 12.2 Å². The number of nitrogens with one attached hydrogen (secondary N) is 8. The minimum absolute atomic E-state index is 0.707. The van der Waals surface area contributed by atoms with Gasteiger partial charge in [-0.2, -0.15) is 17.6 Å². The Labute approximate surface area is 271 Å². The van der Waals surface area contributed by atoms with Gasteiger partial charge in [-0.05, 0) is 35.4 Å². The predicted molar refractivity (Wildman–Crippen MR) is 168 cm³/mol. The van der Waals surface area contributed by atoms with E-state index >= 15 is 0 Å². The first-order chi connectivity index (χ1) is 23.7. The van der Waals surface area contributed by atoms with Gasteiger partial charge in [-0.15, -0.1) is 0 Å². The molecule has 0 aliphatic heterocycles. The molecule has 0 aromatic carbocycles. The van der Waals surface area contributed by atoms with E-state index in [1.165, 1.54) is 0 Å². The van der Waals surface area contributed by atoms with Crippen LogP contribution in [0.2, 0.25) is 0 Å². The molecule has 0 aliphatic carbocycles. The molecule has 0 aliphatic rings. The molecular formula is C28H22F4N10O8. The number of H-pyrrole nitrogens is 8. The van der Waals surface area contributed by atoms with Crippen molar-refractivity contribution in [2.24, 2.45) is 0 Å². The molecule has 260 valence electrons. The normalized spacial score (nSPS) is 9.76. The van der Waals surface area contributed by atoms with Crippen LogP contribution in [-0.4, -0.2) is 49.8 Å². The number of aromatic nitrogens is 10. The Kier molecular flexibility index (Phi) is 15.4. The Bertz CT molecular complexity index is 2170. The van der Waals surface area contributed by atoms with E-state index in [1.54, 1.807) is 44.7 Å². The Morgan fingerprint density at radius 2 is 0.620 bits per heavy atom. The smallest absolute Gasteiger partial charge is 0.311 e. The molecule has 0 atom stereocenters. The monoisotopic (exact) mass is 702 g/mol. The molecule has 6 aromatic heterocycles. The van der Waals surface area contributed by atoms with Gasteiger partial charge in [-0.3, -0.25) is 49.1 Å². The highest BCUT2D eigenvalue weighted by Crippen LogP contribution is 2.05. The summed E-state index contributed by atoms with van der Waals surface area (Å²) >= 11 is 0. The molecule has 22 heteroatoms. The summed E-state index contributed by atoms with van der Waals surface area (Å²) < 4.78 is 47.9. The maximum atomic E-state index is 12.0. The molecule has 18 nitrogen and oxygen atoms in total. The molecule has 0 fully saturated rings. The zero-order chi connectivity index (χ0) is 37.1. The van der Waals surface area contributed by atoms with Crippen LogP contribution in [0.4, 0.5) is 17.6 Å². The molecule has 6 aromatic rings. The summed E-state index contributed by atoms with van der Waals surface area (Å²) in [5.74, 6) is -3.96. The highest BCUT2D eigenvalue weighted by molar-refractivity contribution is 5.68. The van der Waals surface area contributed by atoms with E-state index < -0.39 is 68.3 Å². The first kappa shape index (κ1) is 38.7. The second kappa shape index (κ2) is 19.9. The summed E-state index contributed by atoms with van der Waals surface area (Å²) in [7, 11) is 0. The Hall–Kier alpha value is -7.52. The van der Waals surface area contributed by atoms with Gasteiger partial charge in [0.05, 0.1) is 0 Å². The zero-order valence-corrected chi connectivity index (χ0v) is 24.8. The zero-order valence-electron chi connectivity index (χ0n) is 24.8. The molecule has 0 bridgehead atoms. The molecule has 0 saturated carbocycles. The number of rotatable bonds is 2.